The molecule has 5 heterocycles. The van der Waals surface area contributed by atoms with Crippen LogP contribution in [0.15, 0.2) is 48.7 Å². The second-order valence-corrected chi connectivity index (χ2v) is 17.8. The van der Waals surface area contributed by atoms with Crippen LogP contribution in [0.5, 0.6) is 0 Å². The molecule has 50 heavy (non-hydrogen) atoms. The Labute approximate surface area is 286 Å². The number of carbonyl (C=O) groups is 1. The van der Waals surface area contributed by atoms with Crippen LogP contribution in [-0.4, -0.2) is 77.3 Å². The number of nitrogens with zero attached hydrogens (tertiary/aromatic N) is 4. The van der Waals surface area contributed by atoms with Crippen molar-refractivity contribution in [1.29, 1.82) is 0 Å². The highest BCUT2D eigenvalue weighted by atomic mass is 32.2. The normalized spacial score (nSPS) is 26.8. The van der Waals surface area contributed by atoms with Gasteiger partial charge >= 0.3 is 16.3 Å². The summed E-state index contributed by atoms with van der Waals surface area (Å²) in [5.74, 6) is -0.357. The maximum absolute atomic E-state index is 16.6. The van der Waals surface area contributed by atoms with Gasteiger partial charge in [0.05, 0.1) is 34.5 Å². The first-order chi connectivity index (χ1) is 23.7. The molecular formula is C32H34F3N7O6S2. The number of likely N-dealkylation sites (tertiary alicyclic amines) is 1. The Morgan fingerprint density at radius 2 is 1.86 bits per heavy atom. The molecule has 2 bridgehead atoms. The van der Waals surface area contributed by atoms with Crippen molar-refractivity contribution in [2.45, 2.75) is 68.9 Å². The maximum atomic E-state index is 16.6. The lowest BCUT2D eigenvalue weighted by atomic mass is 9.67. The minimum Gasteiger partial charge on any atom is -0.465 e. The lowest BCUT2D eigenvalue weighted by Gasteiger charge is -2.53. The molecule has 1 spiro atoms. The Morgan fingerprint density at radius 3 is 2.58 bits per heavy atom. The number of hydrogen-bond acceptors (Lipinski definition) is 9. The molecule has 3 unspecified atom stereocenters. The number of nitrogens with one attached hydrogen (secondary N) is 3. The highest BCUT2D eigenvalue weighted by Gasteiger charge is 2.58. The highest BCUT2D eigenvalue weighted by molar-refractivity contribution is 7.92. The van der Waals surface area contributed by atoms with E-state index in [0.29, 0.717) is 36.9 Å². The van der Waals surface area contributed by atoms with Crippen LogP contribution in [0.4, 0.5) is 29.6 Å². The van der Waals surface area contributed by atoms with Crippen LogP contribution in [0.3, 0.4) is 0 Å². The van der Waals surface area contributed by atoms with E-state index in [4.69, 9.17) is 4.98 Å². The third-order valence-electron chi connectivity index (χ3n) is 10.8. The van der Waals surface area contributed by atoms with Gasteiger partial charge in [-0.05, 0) is 48.9 Å². The van der Waals surface area contributed by atoms with Crippen LogP contribution in [0.25, 0.3) is 0 Å². The number of piperazine rings is 1. The number of hydrogen-bond donors (Lipinski definition) is 4. The summed E-state index contributed by atoms with van der Waals surface area (Å²) in [7, 11) is -7.41. The molecule has 4 N–H and O–H groups in total. The van der Waals surface area contributed by atoms with Crippen molar-refractivity contribution in [3.8, 4) is 0 Å². The first-order valence-corrected chi connectivity index (χ1v) is 19.5. The fourth-order valence-electron chi connectivity index (χ4n) is 8.74. The molecule has 13 nitrogen and oxygen atoms in total. The zero-order valence-corrected chi connectivity index (χ0v) is 28.2. The number of carboxylic acid groups (broad SMARTS) is 1. The largest absolute Gasteiger partial charge is 0.465 e. The molecule has 3 aromatic rings. The number of halogens is 3. The van der Waals surface area contributed by atoms with Gasteiger partial charge in [-0.1, -0.05) is 30.3 Å². The molecule has 0 radical (unpaired) electrons. The van der Waals surface area contributed by atoms with E-state index >= 15 is 4.39 Å². The Kier molecular flexibility index (Phi) is 7.63. The van der Waals surface area contributed by atoms with Gasteiger partial charge in [0.15, 0.2) is 15.7 Å². The van der Waals surface area contributed by atoms with Crippen molar-refractivity contribution in [3.63, 3.8) is 0 Å². The van der Waals surface area contributed by atoms with Crippen molar-refractivity contribution < 1.29 is 39.9 Å². The molecule has 3 atom stereocenters. The first-order valence-electron chi connectivity index (χ1n) is 16.2. The maximum Gasteiger partial charge on any atom is 0.407 e. The first kappa shape index (κ1) is 33.2. The zero-order chi connectivity index (χ0) is 35.2. The standard InChI is InChI=1S/C32H34F3N7O6S2/c33-26-22(5-2-6-24(26)40-50(47,48)41-13-18-3-1-4-21(28(34)35)23(18)15-41)27-32(9-7-19(39-32)14-42(27)30(43)44)25-8-10-36-29(38-25)37-20-11-31(12-20)16-49(45,46)17-31/h1-6,8,10,19-20,27-28,39-40H,7,9,11-17H2,(H,43,44)(H,36,37,38). The van der Waals surface area contributed by atoms with Crippen molar-refractivity contribution >= 4 is 37.8 Å². The number of fused-ring (bicyclic) bond motifs is 3. The van der Waals surface area contributed by atoms with Gasteiger partial charge in [-0.25, -0.2) is 36.4 Å². The summed E-state index contributed by atoms with van der Waals surface area (Å²) < 4.78 is 97.6. The van der Waals surface area contributed by atoms with Gasteiger partial charge in [0, 0.05) is 54.5 Å². The molecule has 3 saturated heterocycles. The number of amides is 1. The second-order valence-electron chi connectivity index (χ2n) is 14.1. The van der Waals surface area contributed by atoms with Gasteiger partial charge in [0.2, 0.25) is 5.95 Å². The predicted octanol–water partition coefficient (Wildman–Crippen LogP) is 3.90. The molecule has 2 aromatic carbocycles. The molecule has 266 valence electrons. The van der Waals surface area contributed by atoms with E-state index in [1.165, 1.54) is 36.5 Å². The van der Waals surface area contributed by atoms with E-state index < -0.39 is 55.7 Å². The molecule has 1 aliphatic carbocycles. The monoisotopic (exact) mass is 733 g/mol. The summed E-state index contributed by atoms with van der Waals surface area (Å²) in [5, 5.41) is 17.1. The Bertz CT molecular complexity index is 2100. The van der Waals surface area contributed by atoms with Crippen LogP contribution in [0, 0.1) is 11.2 Å². The molecule has 1 amide bonds. The van der Waals surface area contributed by atoms with Crippen LogP contribution in [0.1, 0.15) is 66.1 Å². The van der Waals surface area contributed by atoms with Gasteiger partial charge in [0.25, 0.3) is 6.43 Å². The van der Waals surface area contributed by atoms with Crippen molar-refractivity contribution in [1.82, 2.24) is 24.5 Å². The van der Waals surface area contributed by atoms with Crippen LogP contribution in [0.2, 0.25) is 0 Å². The average Bonchev–Trinajstić information content (AvgIpc) is 3.63. The summed E-state index contributed by atoms with van der Waals surface area (Å²) >= 11 is 0. The van der Waals surface area contributed by atoms with Gasteiger partial charge in [-0.3, -0.25) is 14.9 Å². The SMILES string of the molecule is O=C(O)N1CC2CCC(c3ccnc(NC4CC5(C4)CS(=O)(=O)C5)n3)(N2)C1c1cccc(NS(=O)(=O)N2Cc3cccc(C(F)F)c3C2)c1F. The molecule has 4 fully saturated rings. The van der Waals surface area contributed by atoms with E-state index in [1.54, 1.807) is 12.1 Å². The van der Waals surface area contributed by atoms with E-state index in [1.807, 2.05) is 0 Å². The Morgan fingerprint density at radius 1 is 1.10 bits per heavy atom. The minimum absolute atomic E-state index is 0.0345. The topological polar surface area (TPSA) is 174 Å². The summed E-state index contributed by atoms with van der Waals surface area (Å²) in [6, 6.07) is 8.51. The Hall–Kier alpha value is -4.00. The van der Waals surface area contributed by atoms with Crippen molar-refractivity contribution in [2.24, 2.45) is 5.41 Å². The summed E-state index contributed by atoms with van der Waals surface area (Å²) in [4.78, 5) is 23.0. The van der Waals surface area contributed by atoms with Gasteiger partial charge in [-0.15, -0.1) is 0 Å². The molecule has 18 heteroatoms. The average molecular weight is 734 g/mol. The van der Waals surface area contributed by atoms with Gasteiger partial charge in [0.1, 0.15) is 0 Å². The summed E-state index contributed by atoms with van der Waals surface area (Å²) in [5.41, 5.74) is -1.12. The van der Waals surface area contributed by atoms with Crippen LogP contribution < -0.4 is 15.4 Å². The lowest BCUT2D eigenvalue weighted by molar-refractivity contribution is 0.0526. The molecule has 5 aliphatic rings. The van der Waals surface area contributed by atoms with Gasteiger partial charge < -0.3 is 10.4 Å². The van der Waals surface area contributed by atoms with Crippen molar-refractivity contribution in [3.05, 3.63) is 82.4 Å². The van der Waals surface area contributed by atoms with Crippen molar-refractivity contribution in [2.75, 3.05) is 28.1 Å². The third kappa shape index (κ3) is 5.47. The zero-order valence-electron chi connectivity index (χ0n) is 26.5. The predicted molar refractivity (Wildman–Crippen MR) is 175 cm³/mol. The number of sulfone groups is 1. The number of rotatable bonds is 8. The van der Waals surface area contributed by atoms with E-state index in [2.05, 4.69) is 20.3 Å². The highest BCUT2D eigenvalue weighted by Crippen LogP contribution is 2.52. The number of aromatic nitrogens is 2. The fraction of sp³-hybridized carbons (Fsp3) is 0.469. The second kappa shape index (κ2) is 11.5. The molecule has 1 aromatic heterocycles. The summed E-state index contributed by atoms with van der Waals surface area (Å²) in [6.45, 7) is -0.443. The number of benzene rings is 2. The van der Waals surface area contributed by atoms with E-state index in [9.17, 15) is 35.5 Å². The van der Waals surface area contributed by atoms with Crippen LogP contribution in [-0.2, 0) is 38.7 Å². The summed E-state index contributed by atoms with van der Waals surface area (Å²) in [6.07, 6.45) is -0.277. The van der Waals surface area contributed by atoms with Gasteiger partial charge in [-0.2, -0.15) is 12.7 Å². The number of alkyl halides is 2. The molecule has 4 aliphatic heterocycles. The minimum atomic E-state index is -4.44. The quantitative estimate of drug-likeness (QED) is 0.266. The molecular weight excluding hydrogens is 700 g/mol. The molecule has 8 rings (SSSR count). The lowest BCUT2D eigenvalue weighted by Crippen LogP contribution is -2.61. The Balaban J connectivity index is 1.09. The fourth-order valence-corrected chi connectivity index (χ4v) is 12.2. The number of anilines is 2. The van der Waals surface area contributed by atoms with Crippen LogP contribution >= 0.6 is 0 Å². The van der Waals surface area contributed by atoms with E-state index in [-0.39, 0.29) is 71.3 Å². The molecule has 1 saturated carbocycles. The van der Waals surface area contributed by atoms with E-state index in [0.717, 1.165) is 9.21 Å². The third-order valence-corrected chi connectivity index (χ3v) is 14.3. The smallest absolute Gasteiger partial charge is 0.407 e.